The average molecular weight is 236 g/mol. The summed E-state index contributed by atoms with van der Waals surface area (Å²) < 4.78 is 0. The van der Waals surface area contributed by atoms with Crippen molar-refractivity contribution < 1.29 is 19.5 Å². The Hall–Kier alpha value is -2.37. The summed E-state index contributed by atoms with van der Waals surface area (Å²) in [5.74, 6) is -2.05. The molecular weight excluding hydrogens is 224 g/mol. The molecule has 0 bridgehead atoms. The molecule has 0 saturated carbocycles. The van der Waals surface area contributed by atoms with Crippen molar-refractivity contribution in [2.75, 3.05) is 6.54 Å². The average Bonchev–Trinajstić information content (AvgIpc) is 2.28. The summed E-state index contributed by atoms with van der Waals surface area (Å²) in [7, 11) is 0. The topological polar surface area (TPSA) is 109 Å². The first-order valence-electron chi connectivity index (χ1n) is 4.90. The van der Waals surface area contributed by atoms with Crippen LogP contribution in [0.5, 0.6) is 0 Å². The largest absolute Gasteiger partial charge is 0.478 e. The molecule has 0 heterocycles. The minimum absolute atomic E-state index is 0.0348. The van der Waals surface area contributed by atoms with Crippen LogP contribution in [0, 0.1) is 0 Å². The Morgan fingerprint density at radius 2 is 1.88 bits per heavy atom. The van der Waals surface area contributed by atoms with Gasteiger partial charge in [-0.15, -0.1) is 0 Å². The van der Waals surface area contributed by atoms with E-state index >= 15 is 0 Å². The Morgan fingerprint density at radius 1 is 1.24 bits per heavy atom. The number of primary amides is 1. The molecule has 1 rings (SSSR count). The van der Waals surface area contributed by atoms with Crippen LogP contribution in [0.4, 0.5) is 0 Å². The number of rotatable bonds is 5. The third-order valence-corrected chi connectivity index (χ3v) is 2.03. The van der Waals surface area contributed by atoms with Crippen LogP contribution in [-0.4, -0.2) is 29.4 Å². The number of carboxylic acids is 1. The van der Waals surface area contributed by atoms with Crippen LogP contribution >= 0.6 is 0 Å². The quantitative estimate of drug-likeness (QED) is 0.667. The van der Waals surface area contributed by atoms with Gasteiger partial charge < -0.3 is 16.2 Å². The zero-order chi connectivity index (χ0) is 12.8. The molecule has 6 heteroatoms. The molecule has 6 nitrogen and oxygen atoms in total. The lowest BCUT2D eigenvalue weighted by Crippen LogP contribution is -2.27. The van der Waals surface area contributed by atoms with Crippen LogP contribution in [0.3, 0.4) is 0 Å². The molecular formula is C11H12N2O4. The zero-order valence-corrected chi connectivity index (χ0v) is 8.97. The molecule has 0 aliphatic heterocycles. The first-order chi connectivity index (χ1) is 8.00. The predicted octanol–water partition coefficient (Wildman–Crippen LogP) is -0.0100. The van der Waals surface area contributed by atoms with E-state index in [0.717, 1.165) is 0 Å². The van der Waals surface area contributed by atoms with Gasteiger partial charge in [0.05, 0.1) is 5.56 Å². The Labute approximate surface area is 97.4 Å². The van der Waals surface area contributed by atoms with Gasteiger partial charge in [0.1, 0.15) is 0 Å². The van der Waals surface area contributed by atoms with E-state index in [2.05, 4.69) is 5.32 Å². The van der Waals surface area contributed by atoms with Gasteiger partial charge in [-0.1, -0.05) is 6.07 Å². The van der Waals surface area contributed by atoms with Gasteiger partial charge in [-0.25, -0.2) is 4.79 Å². The van der Waals surface area contributed by atoms with Crippen LogP contribution < -0.4 is 11.1 Å². The van der Waals surface area contributed by atoms with E-state index in [-0.39, 0.29) is 24.1 Å². The monoisotopic (exact) mass is 236 g/mol. The molecule has 4 N–H and O–H groups in total. The minimum Gasteiger partial charge on any atom is -0.478 e. The molecule has 0 saturated heterocycles. The fourth-order valence-electron chi connectivity index (χ4n) is 1.19. The van der Waals surface area contributed by atoms with Crippen LogP contribution in [0.2, 0.25) is 0 Å². The van der Waals surface area contributed by atoms with E-state index in [0.29, 0.717) is 0 Å². The first-order valence-corrected chi connectivity index (χ1v) is 4.90. The van der Waals surface area contributed by atoms with Crippen LogP contribution in [-0.2, 0) is 4.79 Å². The van der Waals surface area contributed by atoms with E-state index in [1.54, 1.807) is 0 Å². The highest BCUT2D eigenvalue weighted by atomic mass is 16.4. The number of benzene rings is 1. The normalized spacial score (nSPS) is 9.65. The molecule has 0 aliphatic carbocycles. The highest BCUT2D eigenvalue weighted by Crippen LogP contribution is 2.05. The fourth-order valence-corrected chi connectivity index (χ4v) is 1.19. The highest BCUT2D eigenvalue weighted by molar-refractivity contribution is 5.97. The first kappa shape index (κ1) is 12.7. The SMILES string of the molecule is NC(=O)CCNC(=O)c1cccc(C(=O)O)c1. The molecule has 0 aliphatic rings. The Kier molecular flexibility index (Phi) is 4.21. The highest BCUT2D eigenvalue weighted by Gasteiger charge is 2.09. The van der Waals surface area contributed by atoms with Crippen molar-refractivity contribution in [3.8, 4) is 0 Å². The van der Waals surface area contributed by atoms with E-state index in [1.807, 2.05) is 0 Å². The molecule has 1 aromatic carbocycles. The molecule has 1 aromatic rings. The number of carbonyl (C=O) groups excluding carboxylic acids is 2. The molecule has 2 amide bonds. The smallest absolute Gasteiger partial charge is 0.335 e. The molecule has 0 fully saturated rings. The van der Waals surface area contributed by atoms with Gasteiger partial charge in [-0.2, -0.15) is 0 Å². The van der Waals surface area contributed by atoms with E-state index in [1.165, 1.54) is 24.3 Å². The van der Waals surface area contributed by atoms with Crippen molar-refractivity contribution >= 4 is 17.8 Å². The molecule has 0 atom stereocenters. The zero-order valence-electron chi connectivity index (χ0n) is 8.97. The summed E-state index contributed by atoms with van der Waals surface area (Å²) in [6.07, 6.45) is 0.0460. The third kappa shape index (κ3) is 3.94. The summed E-state index contributed by atoms with van der Waals surface area (Å²) >= 11 is 0. The van der Waals surface area contributed by atoms with Gasteiger partial charge in [0.2, 0.25) is 5.91 Å². The molecule has 90 valence electrons. The van der Waals surface area contributed by atoms with Crippen molar-refractivity contribution in [2.45, 2.75) is 6.42 Å². The van der Waals surface area contributed by atoms with E-state index < -0.39 is 17.8 Å². The van der Waals surface area contributed by atoms with Crippen LogP contribution in [0.15, 0.2) is 24.3 Å². The lowest BCUT2D eigenvalue weighted by atomic mass is 10.1. The van der Waals surface area contributed by atoms with Gasteiger partial charge in [0, 0.05) is 18.5 Å². The number of hydrogen-bond donors (Lipinski definition) is 3. The second-order valence-corrected chi connectivity index (χ2v) is 3.36. The lowest BCUT2D eigenvalue weighted by Gasteiger charge is -2.04. The van der Waals surface area contributed by atoms with Crippen LogP contribution in [0.1, 0.15) is 27.1 Å². The van der Waals surface area contributed by atoms with Gasteiger partial charge >= 0.3 is 5.97 Å². The van der Waals surface area contributed by atoms with Crippen molar-refractivity contribution in [1.29, 1.82) is 0 Å². The Bertz CT molecular complexity index is 457. The number of carbonyl (C=O) groups is 3. The number of nitrogens with two attached hydrogens (primary N) is 1. The summed E-state index contributed by atoms with van der Waals surface area (Å²) in [5.41, 5.74) is 5.18. The maximum absolute atomic E-state index is 11.5. The maximum Gasteiger partial charge on any atom is 0.335 e. The van der Waals surface area contributed by atoms with Gasteiger partial charge in [0.25, 0.3) is 5.91 Å². The van der Waals surface area contributed by atoms with Crippen molar-refractivity contribution in [3.63, 3.8) is 0 Å². The number of carboxylic acid groups (broad SMARTS) is 1. The minimum atomic E-state index is -1.10. The Balaban J connectivity index is 2.65. The molecule has 0 unspecified atom stereocenters. The summed E-state index contributed by atoms with van der Waals surface area (Å²) in [5, 5.41) is 11.2. The number of aromatic carboxylic acids is 1. The van der Waals surface area contributed by atoms with E-state index in [9.17, 15) is 14.4 Å². The van der Waals surface area contributed by atoms with Crippen molar-refractivity contribution in [1.82, 2.24) is 5.32 Å². The Morgan fingerprint density at radius 3 is 2.47 bits per heavy atom. The van der Waals surface area contributed by atoms with E-state index in [4.69, 9.17) is 10.8 Å². The van der Waals surface area contributed by atoms with Crippen LogP contribution in [0.25, 0.3) is 0 Å². The number of nitrogens with one attached hydrogen (secondary N) is 1. The predicted molar refractivity (Wildman–Crippen MR) is 59.5 cm³/mol. The standard InChI is InChI=1S/C11H12N2O4/c12-9(14)4-5-13-10(15)7-2-1-3-8(6-7)11(16)17/h1-3,6H,4-5H2,(H2,12,14)(H,13,15)(H,16,17). The van der Waals surface area contributed by atoms with Crippen molar-refractivity contribution in [3.05, 3.63) is 35.4 Å². The summed E-state index contributed by atoms with van der Waals surface area (Å²) in [6.45, 7) is 0.130. The second-order valence-electron chi connectivity index (χ2n) is 3.36. The molecule has 17 heavy (non-hydrogen) atoms. The summed E-state index contributed by atoms with van der Waals surface area (Å²) in [4.78, 5) is 32.7. The number of hydrogen-bond acceptors (Lipinski definition) is 3. The van der Waals surface area contributed by atoms with Crippen molar-refractivity contribution in [2.24, 2.45) is 5.73 Å². The molecule has 0 radical (unpaired) electrons. The van der Waals surface area contributed by atoms with Gasteiger partial charge in [-0.3, -0.25) is 9.59 Å². The van der Waals surface area contributed by atoms with Gasteiger partial charge in [-0.05, 0) is 18.2 Å². The fraction of sp³-hybridized carbons (Fsp3) is 0.182. The maximum atomic E-state index is 11.5. The second kappa shape index (κ2) is 5.64. The summed E-state index contributed by atoms with van der Waals surface area (Å²) in [6, 6.07) is 5.63. The number of amides is 2. The molecule has 0 aromatic heterocycles. The molecule has 0 spiro atoms. The lowest BCUT2D eigenvalue weighted by molar-refractivity contribution is -0.117. The third-order valence-electron chi connectivity index (χ3n) is 2.03. The van der Waals surface area contributed by atoms with Gasteiger partial charge in [0.15, 0.2) is 0 Å².